The summed E-state index contributed by atoms with van der Waals surface area (Å²) in [5.74, 6) is -1.09. The quantitative estimate of drug-likeness (QED) is 0.0148. The number of carbonyl (C=O) groups excluding carboxylic acids is 2. The molecule has 0 radical (unpaired) electrons. The van der Waals surface area contributed by atoms with Crippen molar-refractivity contribution < 1.29 is 63.1 Å². The Bertz CT molecular complexity index is 1090. The van der Waals surface area contributed by atoms with Crippen molar-refractivity contribution in [3.63, 3.8) is 0 Å². The van der Waals surface area contributed by atoms with Crippen molar-refractivity contribution >= 4 is 19.8 Å². The highest BCUT2D eigenvalue weighted by atomic mass is 31.2. The minimum atomic E-state index is -5.11. The average Bonchev–Trinajstić information content (AvgIpc) is 3.21. The summed E-state index contributed by atoms with van der Waals surface area (Å²) in [5.41, 5.74) is 0. The number of aliphatic hydroxyl groups excluding tert-OH is 5. The van der Waals surface area contributed by atoms with Gasteiger partial charge in [0.1, 0.15) is 43.2 Å². The maximum Gasteiger partial charge on any atom is 0.472 e. The number of hydrogen-bond donors (Lipinski definition) is 6. The van der Waals surface area contributed by atoms with Gasteiger partial charge in [-0.15, -0.1) is 0 Å². The third-order valence-corrected chi connectivity index (χ3v) is 12.1. The highest BCUT2D eigenvalue weighted by Gasteiger charge is 2.51. The summed E-state index contributed by atoms with van der Waals surface area (Å²) in [5, 5.41) is 50.1. The lowest BCUT2D eigenvalue weighted by Gasteiger charge is -2.41. The molecule has 0 aromatic heterocycles. The number of phosphoric ester groups is 1. The Morgan fingerprint density at radius 1 is 0.508 bits per heavy atom. The van der Waals surface area contributed by atoms with Crippen LogP contribution in [0.4, 0.5) is 0 Å². The number of esters is 2. The van der Waals surface area contributed by atoms with Crippen molar-refractivity contribution in [2.45, 2.75) is 249 Å². The lowest BCUT2D eigenvalue weighted by atomic mass is 9.85. The van der Waals surface area contributed by atoms with Crippen LogP contribution in [0.2, 0.25) is 0 Å². The molecular weight excluding hydrogens is 779 g/mol. The van der Waals surface area contributed by atoms with Gasteiger partial charge in [0, 0.05) is 12.8 Å². The molecule has 14 heteroatoms. The van der Waals surface area contributed by atoms with Crippen LogP contribution in [0.25, 0.3) is 0 Å². The third-order valence-electron chi connectivity index (χ3n) is 11.1. The molecule has 13 nitrogen and oxygen atoms in total. The van der Waals surface area contributed by atoms with Crippen LogP contribution in [0.3, 0.4) is 0 Å². The standard InChI is InChI=1S/C45H85O13P/c1-3-5-7-9-11-13-15-17-18-19-20-22-24-26-28-30-32-34-39(47)57-37(36-56-59(53,54)58-45-43(51)41(49)40(48)42(50)44(45)52)35-55-38(46)33-31-29-27-25-23-21-16-14-12-10-8-6-4-2/h17-18,37,40-45,48-52H,3-16,19-36H2,1-2H3,(H,53,54)/b18-17+/t37-,40?,41+,42?,43?,44?,45?/m1/s1. The predicted octanol–water partition coefficient (Wildman–Crippen LogP) is 9.06. The molecule has 0 bridgehead atoms. The van der Waals surface area contributed by atoms with Gasteiger partial charge in [-0.3, -0.25) is 18.6 Å². The minimum Gasteiger partial charge on any atom is -0.462 e. The summed E-state index contributed by atoms with van der Waals surface area (Å²) in [6, 6.07) is 0. The van der Waals surface area contributed by atoms with E-state index in [0.717, 1.165) is 51.4 Å². The Morgan fingerprint density at radius 2 is 0.864 bits per heavy atom. The maximum atomic E-state index is 12.8. The summed E-state index contributed by atoms with van der Waals surface area (Å²) < 4.78 is 33.5. The number of carbonyl (C=O) groups is 2. The second kappa shape index (κ2) is 36.1. The lowest BCUT2D eigenvalue weighted by Crippen LogP contribution is -2.64. The predicted molar refractivity (Wildman–Crippen MR) is 231 cm³/mol. The number of ether oxygens (including phenoxy) is 2. The molecule has 0 amide bonds. The fraction of sp³-hybridized carbons (Fsp3) is 0.911. The molecule has 0 heterocycles. The van der Waals surface area contributed by atoms with Crippen molar-refractivity contribution in [3.05, 3.63) is 12.2 Å². The van der Waals surface area contributed by atoms with Crippen molar-refractivity contribution in [2.24, 2.45) is 0 Å². The molecule has 8 atom stereocenters. The highest BCUT2D eigenvalue weighted by molar-refractivity contribution is 7.47. The van der Waals surface area contributed by atoms with E-state index in [4.69, 9.17) is 18.5 Å². The van der Waals surface area contributed by atoms with Gasteiger partial charge in [-0.25, -0.2) is 4.57 Å². The van der Waals surface area contributed by atoms with Gasteiger partial charge in [0.25, 0.3) is 0 Å². The highest BCUT2D eigenvalue weighted by Crippen LogP contribution is 2.47. The van der Waals surface area contributed by atoms with Crippen molar-refractivity contribution in [3.8, 4) is 0 Å². The summed E-state index contributed by atoms with van der Waals surface area (Å²) in [6.07, 6.45) is 24.1. The molecule has 6 N–H and O–H groups in total. The molecule has 1 fully saturated rings. The molecular formula is C45H85O13P. The molecule has 0 aliphatic heterocycles. The summed E-state index contributed by atoms with van der Waals surface area (Å²) in [6.45, 7) is 3.30. The van der Waals surface area contributed by atoms with Crippen LogP contribution in [0.1, 0.15) is 206 Å². The van der Waals surface area contributed by atoms with Crippen LogP contribution in [-0.2, 0) is 32.7 Å². The molecule has 0 aromatic rings. The van der Waals surface area contributed by atoms with Gasteiger partial charge in [0.2, 0.25) is 0 Å². The van der Waals surface area contributed by atoms with E-state index in [1.165, 1.54) is 116 Å². The Kier molecular flexibility index (Phi) is 34.0. The summed E-state index contributed by atoms with van der Waals surface area (Å²) >= 11 is 0. The Morgan fingerprint density at radius 3 is 1.29 bits per heavy atom. The SMILES string of the molecule is CCCCCCCC/C=C/CCCCCCCCCC(=O)O[C@H](COC(=O)CCCCCCCCCCCCCCC)COP(=O)(O)OC1C(O)C(O)C(O)[C@H](O)C1O. The molecule has 348 valence electrons. The first-order valence-electron chi connectivity index (χ1n) is 23.5. The van der Waals surface area contributed by atoms with E-state index >= 15 is 0 Å². The zero-order valence-corrected chi connectivity index (χ0v) is 37.7. The van der Waals surface area contributed by atoms with Gasteiger partial charge in [0.15, 0.2) is 6.10 Å². The topological polar surface area (TPSA) is 210 Å². The zero-order valence-electron chi connectivity index (χ0n) is 36.8. The molecule has 1 saturated carbocycles. The summed E-state index contributed by atoms with van der Waals surface area (Å²) in [4.78, 5) is 35.7. The molecule has 0 aromatic carbocycles. The molecule has 0 spiro atoms. The largest absolute Gasteiger partial charge is 0.472 e. The van der Waals surface area contributed by atoms with E-state index in [1.807, 2.05) is 0 Å². The summed E-state index contributed by atoms with van der Waals surface area (Å²) in [7, 11) is -5.11. The van der Waals surface area contributed by atoms with Gasteiger partial charge in [-0.05, 0) is 38.5 Å². The Balaban J connectivity index is 2.44. The van der Waals surface area contributed by atoms with E-state index in [1.54, 1.807) is 0 Å². The molecule has 1 aliphatic carbocycles. The van der Waals surface area contributed by atoms with Crippen LogP contribution in [0.15, 0.2) is 12.2 Å². The molecule has 1 rings (SSSR count). The number of phosphoric acid groups is 1. The zero-order chi connectivity index (χ0) is 43.6. The van der Waals surface area contributed by atoms with E-state index in [2.05, 4.69) is 26.0 Å². The monoisotopic (exact) mass is 865 g/mol. The van der Waals surface area contributed by atoms with Crippen LogP contribution >= 0.6 is 7.82 Å². The first kappa shape index (κ1) is 55.6. The lowest BCUT2D eigenvalue weighted by molar-refractivity contribution is -0.220. The van der Waals surface area contributed by atoms with Crippen molar-refractivity contribution in [2.75, 3.05) is 13.2 Å². The normalized spacial score (nSPS) is 22.4. The first-order chi connectivity index (χ1) is 28.4. The van der Waals surface area contributed by atoms with Gasteiger partial charge >= 0.3 is 19.8 Å². The van der Waals surface area contributed by atoms with E-state index in [9.17, 15) is 44.6 Å². The third kappa shape index (κ3) is 28.7. The van der Waals surface area contributed by atoms with Crippen molar-refractivity contribution in [1.82, 2.24) is 0 Å². The van der Waals surface area contributed by atoms with Gasteiger partial charge < -0.3 is 39.9 Å². The molecule has 0 saturated heterocycles. The van der Waals surface area contributed by atoms with E-state index in [0.29, 0.717) is 12.8 Å². The van der Waals surface area contributed by atoms with Crippen LogP contribution in [0.5, 0.6) is 0 Å². The second-order valence-corrected chi connectivity index (χ2v) is 18.0. The Labute approximate surface area is 356 Å². The smallest absolute Gasteiger partial charge is 0.462 e. The van der Waals surface area contributed by atoms with Crippen LogP contribution in [0, 0.1) is 0 Å². The van der Waals surface area contributed by atoms with Gasteiger partial charge in [-0.2, -0.15) is 0 Å². The Hall–Kier alpha value is -1.41. The van der Waals surface area contributed by atoms with Gasteiger partial charge in [-0.1, -0.05) is 167 Å². The van der Waals surface area contributed by atoms with Crippen LogP contribution < -0.4 is 0 Å². The second-order valence-electron chi connectivity index (χ2n) is 16.6. The number of rotatable bonds is 39. The maximum absolute atomic E-state index is 12.8. The molecule has 6 unspecified atom stereocenters. The fourth-order valence-electron chi connectivity index (χ4n) is 7.28. The van der Waals surface area contributed by atoms with Crippen LogP contribution in [-0.4, -0.2) is 98.3 Å². The fourth-order valence-corrected chi connectivity index (χ4v) is 8.26. The average molecular weight is 865 g/mol. The number of allylic oxidation sites excluding steroid dienone is 2. The number of unbranched alkanes of at least 4 members (excludes halogenated alkanes) is 25. The van der Waals surface area contributed by atoms with Crippen molar-refractivity contribution in [1.29, 1.82) is 0 Å². The van der Waals surface area contributed by atoms with Gasteiger partial charge in [0.05, 0.1) is 6.61 Å². The van der Waals surface area contributed by atoms with E-state index in [-0.39, 0.29) is 12.8 Å². The number of hydrogen-bond acceptors (Lipinski definition) is 12. The number of aliphatic hydroxyl groups is 5. The van der Waals surface area contributed by atoms with E-state index < -0.39 is 75.7 Å². The first-order valence-corrected chi connectivity index (χ1v) is 25.0. The molecule has 59 heavy (non-hydrogen) atoms. The molecule has 1 aliphatic rings. The minimum absolute atomic E-state index is 0.0959.